The number of rotatable bonds is 5. The number of carbonyl (C=O) groups is 2. The summed E-state index contributed by atoms with van der Waals surface area (Å²) in [7, 11) is 1.76. The molecule has 0 aromatic carbocycles. The quantitative estimate of drug-likeness (QED) is 0.733. The molecule has 1 N–H and O–H groups in total. The molecule has 0 aromatic heterocycles. The van der Waals surface area contributed by atoms with E-state index in [1.807, 2.05) is 13.8 Å². The maximum absolute atomic E-state index is 11.8. The summed E-state index contributed by atoms with van der Waals surface area (Å²) in [6, 6.07) is -0.247. The minimum absolute atomic E-state index is 0.0434. The molecular weight excluding hydrogens is 208 g/mol. The van der Waals surface area contributed by atoms with Gasteiger partial charge in [0, 0.05) is 20.1 Å². The molecule has 0 saturated carbocycles. The molecule has 0 aliphatic carbocycles. The zero-order valence-corrected chi connectivity index (χ0v) is 10.1. The van der Waals surface area contributed by atoms with E-state index < -0.39 is 5.97 Å². The molecule has 1 unspecified atom stereocenters. The highest BCUT2D eigenvalue weighted by molar-refractivity contribution is 5.84. The molecule has 0 bridgehead atoms. The van der Waals surface area contributed by atoms with Crippen LogP contribution in [0.4, 0.5) is 0 Å². The van der Waals surface area contributed by atoms with Crippen molar-refractivity contribution in [3.8, 4) is 0 Å². The van der Waals surface area contributed by atoms with Gasteiger partial charge < -0.3 is 10.0 Å². The van der Waals surface area contributed by atoms with Gasteiger partial charge in [0.05, 0.1) is 12.6 Å². The summed E-state index contributed by atoms with van der Waals surface area (Å²) < 4.78 is 0. The average molecular weight is 228 g/mol. The summed E-state index contributed by atoms with van der Waals surface area (Å²) in [5.41, 5.74) is 0. The van der Waals surface area contributed by atoms with Crippen molar-refractivity contribution < 1.29 is 14.7 Å². The Labute approximate surface area is 96.0 Å². The topological polar surface area (TPSA) is 60.9 Å². The summed E-state index contributed by atoms with van der Waals surface area (Å²) in [5.74, 6) is -0.469. The molecule has 16 heavy (non-hydrogen) atoms. The lowest BCUT2D eigenvalue weighted by Crippen LogP contribution is -2.45. The number of carboxylic acids is 1. The van der Waals surface area contributed by atoms with Crippen molar-refractivity contribution >= 4 is 11.9 Å². The van der Waals surface area contributed by atoms with Gasteiger partial charge in [0.1, 0.15) is 0 Å². The summed E-state index contributed by atoms with van der Waals surface area (Å²) in [6.45, 7) is 5.37. The number of nitrogens with zero attached hydrogens (tertiary/aromatic N) is 2. The van der Waals surface area contributed by atoms with E-state index in [0.29, 0.717) is 12.5 Å². The van der Waals surface area contributed by atoms with Crippen molar-refractivity contribution in [1.29, 1.82) is 0 Å². The fourth-order valence-corrected chi connectivity index (χ4v) is 2.09. The van der Waals surface area contributed by atoms with E-state index in [-0.39, 0.29) is 18.5 Å². The molecule has 1 amide bonds. The summed E-state index contributed by atoms with van der Waals surface area (Å²) >= 11 is 0. The van der Waals surface area contributed by atoms with Crippen LogP contribution in [0.3, 0.4) is 0 Å². The van der Waals surface area contributed by atoms with Crippen LogP contribution in [0, 0.1) is 5.92 Å². The molecule has 5 heteroatoms. The molecule has 0 aromatic rings. The number of aliphatic carboxylic acids is 1. The van der Waals surface area contributed by atoms with Crippen molar-refractivity contribution in [2.45, 2.75) is 26.3 Å². The third kappa shape index (κ3) is 3.20. The van der Waals surface area contributed by atoms with Gasteiger partial charge in [0.15, 0.2) is 0 Å². The first-order valence-corrected chi connectivity index (χ1v) is 5.62. The van der Waals surface area contributed by atoms with E-state index in [1.165, 1.54) is 0 Å². The van der Waals surface area contributed by atoms with E-state index in [0.717, 1.165) is 13.0 Å². The summed E-state index contributed by atoms with van der Waals surface area (Å²) in [6.07, 6.45) is 0.731. The molecule has 5 nitrogen and oxygen atoms in total. The second-order valence-electron chi connectivity index (χ2n) is 4.78. The standard InChI is InChI=1S/C11H20N2O3/c1-8(2)6-13(7-10(14)15)9-4-5-12(3)11(9)16/h8-9H,4-7H2,1-3H3,(H,14,15). The number of amides is 1. The molecule has 1 atom stereocenters. The number of carbonyl (C=O) groups excluding carboxylic acids is 1. The van der Waals surface area contributed by atoms with Gasteiger partial charge in [-0.3, -0.25) is 14.5 Å². The monoisotopic (exact) mass is 228 g/mol. The predicted molar refractivity (Wildman–Crippen MR) is 60.1 cm³/mol. The maximum Gasteiger partial charge on any atom is 0.317 e. The van der Waals surface area contributed by atoms with Crippen LogP contribution in [0.15, 0.2) is 0 Å². The van der Waals surface area contributed by atoms with Gasteiger partial charge in [0.2, 0.25) is 5.91 Å². The van der Waals surface area contributed by atoms with Gasteiger partial charge in [-0.15, -0.1) is 0 Å². The van der Waals surface area contributed by atoms with Crippen LogP contribution >= 0.6 is 0 Å². The normalized spacial score (nSPS) is 21.2. The highest BCUT2D eigenvalue weighted by Gasteiger charge is 2.34. The number of hydrogen-bond donors (Lipinski definition) is 1. The van der Waals surface area contributed by atoms with E-state index in [2.05, 4.69) is 0 Å². The Kier molecular flexibility index (Phi) is 4.29. The van der Waals surface area contributed by atoms with E-state index in [4.69, 9.17) is 5.11 Å². The predicted octanol–water partition coefficient (Wildman–Crippen LogP) is 0.260. The first kappa shape index (κ1) is 13.0. The molecule has 1 aliphatic rings. The molecule has 1 saturated heterocycles. The molecule has 0 spiro atoms. The number of likely N-dealkylation sites (N-methyl/N-ethyl adjacent to an activating group) is 1. The Morgan fingerprint density at radius 3 is 2.62 bits per heavy atom. The number of likely N-dealkylation sites (tertiary alicyclic amines) is 1. The molecule has 1 aliphatic heterocycles. The van der Waals surface area contributed by atoms with Crippen molar-refractivity contribution in [2.75, 3.05) is 26.7 Å². The molecule has 1 fully saturated rings. The summed E-state index contributed by atoms with van der Waals surface area (Å²) in [4.78, 5) is 26.0. The first-order chi connectivity index (χ1) is 7.41. The lowest BCUT2D eigenvalue weighted by molar-refractivity contribution is -0.140. The number of carboxylic acid groups (broad SMARTS) is 1. The van der Waals surface area contributed by atoms with Crippen LogP contribution in [-0.2, 0) is 9.59 Å². The van der Waals surface area contributed by atoms with Crippen LogP contribution in [0.1, 0.15) is 20.3 Å². The second-order valence-corrected chi connectivity index (χ2v) is 4.78. The average Bonchev–Trinajstić information content (AvgIpc) is 2.45. The van der Waals surface area contributed by atoms with Gasteiger partial charge in [-0.2, -0.15) is 0 Å². The maximum atomic E-state index is 11.8. The largest absolute Gasteiger partial charge is 0.480 e. The Balaban J connectivity index is 2.68. The first-order valence-electron chi connectivity index (χ1n) is 5.62. The molecule has 92 valence electrons. The highest BCUT2D eigenvalue weighted by atomic mass is 16.4. The highest BCUT2D eigenvalue weighted by Crippen LogP contribution is 2.16. The Morgan fingerprint density at radius 1 is 1.62 bits per heavy atom. The van der Waals surface area contributed by atoms with Crippen LogP contribution in [0.2, 0.25) is 0 Å². The van der Waals surface area contributed by atoms with Crippen LogP contribution in [0.25, 0.3) is 0 Å². The zero-order chi connectivity index (χ0) is 12.3. The Hall–Kier alpha value is -1.10. The molecule has 0 radical (unpaired) electrons. The Bertz CT molecular complexity index is 278. The SMILES string of the molecule is CC(C)CN(CC(=O)O)C1CCN(C)C1=O. The minimum atomic E-state index is -0.872. The van der Waals surface area contributed by atoms with Crippen molar-refractivity contribution in [3.63, 3.8) is 0 Å². The lowest BCUT2D eigenvalue weighted by Gasteiger charge is -2.27. The molecule has 1 rings (SSSR count). The smallest absolute Gasteiger partial charge is 0.317 e. The van der Waals surface area contributed by atoms with Gasteiger partial charge in [-0.05, 0) is 12.3 Å². The molecular formula is C11H20N2O3. The second kappa shape index (κ2) is 5.30. The van der Waals surface area contributed by atoms with E-state index in [9.17, 15) is 9.59 Å². The van der Waals surface area contributed by atoms with Gasteiger partial charge in [0.25, 0.3) is 0 Å². The Morgan fingerprint density at radius 2 is 2.25 bits per heavy atom. The minimum Gasteiger partial charge on any atom is -0.480 e. The van der Waals surface area contributed by atoms with E-state index in [1.54, 1.807) is 16.8 Å². The van der Waals surface area contributed by atoms with Crippen molar-refractivity contribution in [1.82, 2.24) is 9.80 Å². The summed E-state index contributed by atoms with van der Waals surface area (Å²) in [5, 5.41) is 8.84. The fraction of sp³-hybridized carbons (Fsp3) is 0.818. The lowest BCUT2D eigenvalue weighted by atomic mass is 10.1. The molecule has 1 heterocycles. The van der Waals surface area contributed by atoms with Crippen molar-refractivity contribution in [3.05, 3.63) is 0 Å². The van der Waals surface area contributed by atoms with Gasteiger partial charge in [-0.1, -0.05) is 13.8 Å². The van der Waals surface area contributed by atoms with E-state index >= 15 is 0 Å². The van der Waals surface area contributed by atoms with Crippen LogP contribution in [-0.4, -0.2) is 59.5 Å². The van der Waals surface area contributed by atoms with Gasteiger partial charge >= 0.3 is 5.97 Å². The van der Waals surface area contributed by atoms with Crippen LogP contribution in [0.5, 0.6) is 0 Å². The third-order valence-electron chi connectivity index (χ3n) is 2.78. The number of hydrogen-bond acceptors (Lipinski definition) is 3. The van der Waals surface area contributed by atoms with Crippen LogP contribution < -0.4 is 0 Å². The van der Waals surface area contributed by atoms with Crippen molar-refractivity contribution in [2.24, 2.45) is 5.92 Å². The zero-order valence-electron chi connectivity index (χ0n) is 10.1. The third-order valence-corrected chi connectivity index (χ3v) is 2.78. The fourth-order valence-electron chi connectivity index (χ4n) is 2.09. The van der Waals surface area contributed by atoms with Gasteiger partial charge in [-0.25, -0.2) is 0 Å².